The molecule has 2 heterocycles. The van der Waals surface area contributed by atoms with Crippen LogP contribution in [-0.4, -0.2) is 30.0 Å². The SMILES string of the molecule is Cc1ccc(Cn2c(=O)n(C)c(=O)c3c(-c4cccc(C(=O)O)c4)n(Cc4cccc5ccccc45)nc32)cc1C. The van der Waals surface area contributed by atoms with Crippen LogP contribution < -0.4 is 11.2 Å². The van der Waals surface area contributed by atoms with E-state index in [4.69, 9.17) is 5.10 Å². The van der Waals surface area contributed by atoms with Gasteiger partial charge in [0.15, 0.2) is 5.65 Å². The van der Waals surface area contributed by atoms with E-state index < -0.39 is 17.2 Å². The molecule has 0 aliphatic heterocycles. The first kappa shape index (κ1) is 26.0. The zero-order chi connectivity index (χ0) is 28.8. The third kappa shape index (κ3) is 4.53. The van der Waals surface area contributed by atoms with E-state index >= 15 is 0 Å². The number of hydrogen-bond donors (Lipinski definition) is 1. The Balaban J connectivity index is 1.65. The second-order valence-corrected chi connectivity index (χ2v) is 10.4. The maximum Gasteiger partial charge on any atom is 0.335 e. The summed E-state index contributed by atoms with van der Waals surface area (Å²) in [5.74, 6) is -1.07. The number of benzene rings is 4. The minimum absolute atomic E-state index is 0.0915. The van der Waals surface area contributed by atoms with E-state index in [1.165, 1.54) is 23.7 Å². The topological polar surface area (TPSA) is 99.1 Å². The average Bonchev–Trinajstić information content (AvgIpc) is 3.35. The Morgan fingerprint density at radius 1 is 0.854 bits per heavy atom. The number of carbonyl (C=O) groups is 1. The van der Waals surface area contributed by atoms with Gasteiger partial charge in [-0.25, -0.2) is 9.59 Å². The van der Waals surface area contributed by atoms with Crippen molar-refractivity contribution in [2.75, 3.05) is 0 Å². The molecule has 6 rings (SSSR count). The van der Waals surface area contributed by atoms with Gasteiger partial charge < -0.3 is 5.11 Å². The van der Waals surface area contributed by atoms with Crippen molar-refractivity contribution in [1.29, 1.82) is 0 Å². The van der Waals surface area contributed by atoms with E-state index in [1.807, 2.05) is 74.5 Å². The van der Waals surface area contributed by atoms with E-state index in [-0.39, 0.29) is 23.1 Å². The van der Waals surface area contributed by atoms with E-state index in [9.17, 15) is 19.5 Å². The third-order valence-corrected chi connectivity index (χ3v) is 7.72. The first-order valence-electron chi connectivity index (χ1n) is 13.3. The second kappa shape index (κ2) is 10.1. The predicted octanol–water partition coefficient (Wildman–Crippen LogP) is 5.13. The largest absolute Gasteiger partial charge is 0.478 e. The van der Waals surface area contributed by atoms with Crippen molar-refractivity contribution >= 4 is 27.8 Å². The summed E-state index contributed by atoms with van der Waals surface area (Å²) in [5, 5.41) is 17.0. The Morgan fingerprint density at radius 3 is 2.39 bits per heavy atom. The van der Waals surface area contributed by atoms with Gasteiger partial charge >= 0.3 is 11.7 Å². The molecule has 204 valence electrons. The Labute approximate surface area is 235 Å². The molecule has 0 bridgehead atoms. The predicted molar refractivity (Wildman–Crippen MR) is 160 cm³/mol. The number of nitrogens with zero attached hydrogens (tertiary/aromatic N) is 4. The third-order valence-electron chi connectivity index (χ3n) is 7.72. The summed E-state index contributed by atoms with van der Waals surface area (Å²) in [7, 11) is 1.46. The van der Waals surface area contributed by atoms with Crippen molar-refractivity contribution in [3.8, 4) is 11.3 Å². The molecule has 0 atom stereocenters. The average molecular weight is 545 g/mol. The lowest BCUT2D eigenvalue weighted by Gasteiger charge is -2.11. The first-order valence-corrected chi connectivity index (χ1v) is 13.3. The smallest absolute Gasteiger partial charge is 0.335 e. The molecule has 8 nitrogen and oxygen atoms in total. The van der Waals surface area contributed by atoms with Crippen LogP contribution in [0.3, 0.4) is 0 Å². The molecule has 0 spiro atoms. The molecule has 0 fully saturated rings. The van der Waals surface area contributed by atoms with Crippen LogP contribution in [0.4, 0.5) is 0 Å². The van der Waals surface area contributed by atoms with Crippen molar-refractivity contribution < 1.29 is 9.90 Å². The van der Waals surface area contributed by atoms with E-state index in [0.717, 1.165) is 37.6 Å². The van der Waals surface area contributed by atoms with E-state index in [0.29, 0.717) is 17.8 Å². The van der Waals surface area contributed by atoms with Crippen LogP contribution in [0, 0.1) is 13.8 Å². The normalized spacial score (nSPS) is 11.4. The molecule has 0 unspecified atom stereocenters. The van der Waals surface area contributed by atoms with Crippen molar-refractivity contribution in [3.05, 3.63) is 134 Å². The molecule has 2 aromatic heterocycles. The van der Waals surface area contributed by atoms with Gasteiger partial charge in [0.25, 0.3) is 5.56 Å². The molecule has 41 heavy (non-hydrogen) atoms. The van der Waals surface area contributed by atoms with E-state index in [1.54, 1.807) is 16.8 Å². The minimum Gasteiger partial charge on any atom is -0.478 e. The van der Waals surface area contributed by atoms with Gasteiger partial charge in [0, 0.05) is 12.6 Å². The van der Waals surface area contributed by atoms with Crippen LogP contribution in [0.2, 0.25) is 0 Å². The fraction of sp³-hybridized carbons (Fsp3) is 0.152. The summed E-state index contributed by atoms with van der Waals surface area (Å²) in [6.07, 6.45) is 0. The van der Waals surface area contributed by atoms with E-state index in [2.05, 4.69) is 0 Å². The van der Waals surface area contributed by atoms with Crippen LogP contribution in [0.25, 0.3) is 33.1 Å². The highest BCUT2D eigenvalue weighted by molar-refractivity contribution is 5.94. The fourth-order valence-corrected chi connectivity index (χ4v) is 5.39. The van der Waals surface area contributed by atoms with Crippen LogP contribution in [0.15, 0.2) is 94.5 Å². The maximum atomic E-state index is 13.7. The van der Waals surface area contributed by atoms with Gasteiger partial charge in [-0.3, -0.25) is 18.6 Å². The number of fused-ring (bicyclic) bond motifs is 2. The summed E-state index contributed by atoms with van der Waals surface area (Å²) in [6, 6.07) is 26.5. The summed E-state index contributed by atoms with van der Waals surface area (Å²) >= 11 is 0. The number of aromatic nitrogens is 4. The van der Waals surface area contributed by atoms with Gasteiger partial charge in [0.2, 0.25) is 0 Å². The summed E-state index contributed by atoms with van der Waals surface area (Å²) in [6.45, 7) is 4.58. The molecule has 0 amide bonds. The minimum atomic E-state index is -1.07. The van der Waals surface area contributed by atoms with Crippen molar-refractivity contribution in [2.45, 2.75) is 26.9 Å². The molecular weight excluding hydrogens is 516 g/mol. The Kier molecular flexibility index (Phi) is 6.38. The summed E-state index contributed by atoms with van der Waals surface area (Å²) in [4.78, 5) is 39.1. The lowest BCUT2D eigenvalue weighted by Crippen LogP contribution is -2.38. The number of aromatic carboxylic acids is 1. The molecular formula is C33H28N4O4. The lowest BCUT2D eigenvalue weighted by molar-refractivity contribution is 0.0697. The van der Waals surface area contributed by atoms with Gasteiger partial charge in [-0.2, -0.15) is 5.10 Å². The number of carboxylic acid groups (broad SMARTS) is 1. The zero-order valence-electron chi connectivity index (χ0n) is 23.0. The van der Waals surface area contributed by atoms with Crippen molar-refractivity contribution in [3.63, 3.8) is 0 Å². The van der Waals surface area contributed by atoms with Crippen molar-refractivity contribution in [2.24, 2.45) is 7.05 Å². The fourth-order valence-electron chi connectivity index (χ4n) is 5.39. The highest BCUT2D eigenvalue weighted by atomic mass is 16.4. The van der Waals surface area contributed by atoms with Crippen LogP contribution in [0.1, 0.15) is 32.6 Å². The maximum absolute atomic E-state index is 13.7. The Bertz CT molecular complexity index is 2110. The molecule has 0 radical (unpaired) electrons. The summed E-state index contributed by atoms with van der Waals surface area (Å²) in [5.41, 5.74) is 4.52. The number of carboxylic acids is 1. The van der Waals surface area contributed by atoms with Gasteiger partial charge in [-0.15, -0.1) is 0 Å². The molecule has 0 saturated heterocycles. The monoisotopic (exact) mass is 544 g/mol. The molecule has 6 aromatic rings. The second-order valence-electron chi connectivity index (χ2n) is 10.4. The quantitative estimate of drug-likeness (QED) is 0.314. The van der Waals surface area contributed by atoms with Gasteiger partial charge in [-0.1, -0.05) is 72.8 Å². The highest BCUT2D eigenvalue weighted by Gasteiger charge is 2.23. The van der Waals surface area contributed by atoms with Crippen LogP contribution in [0.5, 0.6) is 0 Å². The molecule has 0 saturated carbocycles. The molecule has 1 N–H and O–H groups in total. The summed E-state index contributed by atoms with van der Waals surface area (Å²) < 4.78 is 4.33. The number of hydrogen-bond acceptors (Lipinski definition) is 4. The Hall–Kier alpha value is -5.24. The number of aryl methyl sites for hydroxylation is 2. The van der Waals surface area contributed by atoms with Crippen molar-refractivity contribution in [1.82, 2.24) is 18.9 Å². The van der Waals surface area contributed by atoms with Crippen LogP contribution in [-0.2, 0) is 20.1 Å². The lowest BCUT2D eigenvalue weighted by atomic mass is 10.0. The van der Waals surface area contributed by atoms with Gasteiger partial charge in [0.1, 0.15) is 5.39 Å². The first-order chi connectivity index (χ1) is 19.7. The standard InChI is InChI=1S/C33H28N4O4/c1-20-14-15-22(16-21(20)2)18-36-30-28(31(38)35(3)33(36)41)29(24-10-7-11-25(17-24)32(39)40)37(34-30)19-26-12-6-9-23-8-4-5-13-27(23)26/h4-17H,18-19H2,1-3H3,(H,39,40). The molecule has 0 aliphatic rings. The molecule has 4 aromatic carbocycles. The molecule has 0 aliphatic carbocycles. The zero-order valence-corrected chi connectivity index (χ0v) is 23.0. The Morgan fingerprint density at radius 2 is 1.61 bits per heavy atom. The molecule has 8 heteroatoms. The number of rotatable bonds is 6. The highest BCUT2D eigenvalue weighted by Crippen LogP contribution is 2.29. The van der Waals surface area contributed by atoms with Gasteiger partial charge in [-0.05, 0) is 59.0 Å². The van der Waals surface area contributed by atoms with Gasteiger partial charge in [0.05, 0.1) is 24.3 Å². The van der Waals surface area contributed by atoms with Crippen LogP contribution >= 0.6 is 0 Å².